The lowest BCUT2D eigenvalue weighted by Gasteiger charge is -2.09. The van der Waals surface area contributed by atoms with Gasteiger partial charge in [-0.2, -0.15) is 13.2 Å². The number of aromatic nitrogens is 2. The van der Waals surface area contributed by atoms with Crippen LogP contribution >= 0.6 is 0 Å². The maximum Gasteiger partial charge on any atom is 0.416 e. The van der Waals surface area contributed by atoms with Crippen LogP contribution in [0.2, 0.25) is 0 Å². The zero-order valence-electron chi connectivity index (χ0n) is 13.6. The van der Waals surface area contributed by atoms with E-state index in [1.165, 1.54) is 12.1 Å². The molecule has 2 aromatic heterocycles. The van der Waals surface area contributed by atoms with Crippen LogP contribution in [-0.2, 0) is 23.8 Å². The number of amides is 1. The van der Waals surface area contributed by atoms with Crippen molar-refractivity contribution in [3.05, 3.63) is 65.5 Å². The van der Waals surface area contributed by atoms with Gasteiger partial charge >= 0.3 is 6.18 Å². The molecule has 0 saturated heterocycles. The van der Waals surface area contributed by atoms with Crippen LogP contribution in [0.4, 0.5) is 19.0 Å². The van der Waals surface area contributed by atoms with E-state index in [0.29, 0.717) is 29.1 Å². The summed E-state index contributed by atoms with van der Waals surface area (Å²) in [5.74, 6) is 0.144. The number of rotatable bonds is 5. The van der Waals surface area contributed by atoms with Gasteiger partial charge in [0.05, 0.1) is 17.7 Å². The number of alkyl halides is 3. The Morgan fingerprint density at radius 1 is 1.15 bits per heavy atom. The average Bonchev–Trinajstić information content (AvgIpc) is 2.98. The highest BCUT2D eigenvalue weighted by Gasteiger charge is 2.29. The molecule has 0 radical (unpaired) electrons. The average molecular weight is 363 g/mol. The van der Waals surface area contributed by atoms with E-state index in [0.717, 1.165) is 12.1 Å². The van der Waals surface area contributed by atoms with Crippen LogP contribution < -0.4 is 5.32 Å². The minimum Gasteiger partial charge on any atom is -0.396 e. The number of nitrogens with one attached hydrogen (secondary N) is 1. The number of nitrogens with zero attached hydrogens (tertiary/aromatic N) is 2. The Morgan fingerprint density at radius 2 is 1.88 bits per heavy atom. The van der Waals surface area contributed by atoms with E-state index < -0.39 is 11.7 Å². The van der Waals surface area contributed by atoms with Crippen LogP contribution in [0, 0.1) is 0 Å². The molecule has 1 aromatic carbocycles. The standard InChI is InChI=1S/C18H16F3N3O2/c19-18(20,21)13-6-4-12(5-7-13)10-17(26)23-16-3-1-2-15-22-14(8-9-25)11-24(15)16/h1-7,11,25H,8-10H2,(H,23,26). The van der Waals surface area contributed by atoms with Crippen molar-refractivity contribution in [1.82, 2.24) is 9.38 Å². The Hall–Kier alpha value is -2.87. The molecule has 26 heavy (non-hydrogen) atoms. The first-order chi connectivity index (χ1) is 12.4. The van der Waals surface area contributed by atoms with Gasteiger partial charge in [-0.3, -0.25) is 9.20 Å². The molecule has 1 amide bonds. The SMILES string of the molecule is O=C(Cc1ccc(C(F)(F)F)cc1)Nc1cccc2nc(CCO)cn12. The molecule has 0 bridgehead atoms. The minimum atomic E-state index is -4.40. The third-order valence-corrected chi connectivity index (χ3v) is 3.82. The zero-order chi connectivity index (χ0) is 18.7. The highest BCUT2D eigenvalue weighted by atomic mass is 19.4. The third kappa shape index (κ3) is 4.02. The van der Waals surface area contributed by atoms with Gasteiger partial charge in [-0.25, -0.2) is 4.98 Å². The van der Waals surface area contributed by atoms with E-state index in [9.17, 15) is 18.0 Å². The van der Waals surface area contributed by atoms with Gasteiger partial charge in [-0.05, 0) is 29.8 Å². The number of pyridine rings is 1. The van der Waals surface area contributed by atoms with Crippen molar-refractivity contribution in [2.24, 2.45) is 0 Å². The van der Waals surface area contributed by atoms with Crippen molar-refractivity contribution in [2.45, 2.75) is 19.0 Å². The van der Waals surface area contributed by atoms with E-state index >= 15 is 0 Å². The molecule has 5 nitrogen and oxygen atoms in total. The van der Waals surface area contributed by atoms with Crippen molar-refractivity contribution in [3.8, 4) is 0 Å². The number of anilines is 1. The highest BCUT2D eigenvalue weighted by molar-refractivity contribution is 5.91. The Labute approximate surface area is 147 Å². The molecular formula is C18H16F3N3O2. The van der Waals surface area contributed by atoms with Crippen LogP contribution in [0.5, 0.6) is 0 Å². The molecule has 0 spiro atoms. The maximum atomic E-state index is 12.6. The lowest BCUT2D eigenvalue weighted by Crippen LogP contribution is -2.16. The summed E-state index contributed by atoms with van der Waals surface area (Å²) in [7, 11) is 0. The second-order valence-electron chi connectivity index (χ2n) is 5.76. The van der Waals surface area contributed by atoms with E-state index in [-0.39, 0.29) is 18.9 Å². The van der Waals surface area contributed by atoms with E-state index in [1.54, 1.807) is 28.8 Å². The first-order valence-electron chi connectivity index (χ1n) is 7.90. The van der Waals surface area contributed by atoms with Crippen molar-refractivity contribution >= 4 is 17.4 Å². The van der Waals surface area contributed by atoms with Crippen molar-refractivity contribution < 1.29 is 23.1 Å². The molecule has 3 rings (SSSR count). The van der Waals surface area contributed by atoms with Gasteiger partial charge in [-0.1, -0.05) is 18.2 Å². The first kappa shape index (κ1) is 17.9. The number of carbonyl (C=O) groups excluding carboxylic acids is 1. The van der Waals surface area contributed by atoms with Crippen molar-refractivity contribution in [1.29, 1.82) is 0 Å². The Balaban J connectivity index is 1.73. The predicted molar refractivity (Wildman–Crippen MR) is 89.8 cm³/mol. The summed E-state index contributed by atoms with van der Waals surface area (Å²) < 4.78 is 39.4. The lowest BCUT2D eigenvalue weighted by molar-refractivity contribution is -0.137. The normalized spacial score (nSPS) is 11.7. The number of carbonyl (C=O) groups is 1. The van der Waals surface area contributed by atoms with Crippen LogP contribution in [0.1, 0.15) is 16.8 Å². The first-order valence-corrected chi connectivity index (χ1v) is 7.90. The summed E-state index contributed by atoms with van der Waals surface area (Å²) in [5.41, 5.74) is 1.05. The molecule has 2 heterocycles. The molecule has 2 N–H and O–H groups in total. The second kappa shape index (κ2) is 7.17. The highest BCUT2D eigenvalue weighted by Crippen LogP contribution is 2.29. The Morgan fingerprint density at radius 3 is 2.54 bits per heavy atom. The predicted octanol–water partition coefficient (Wildman–Crippen LogP) is 3.07. The number of imidazole rings is 1. The number of benzene rings is 1. The van der Waals surface area contributed by atoms with Gasteiger partial charge < -0.3 is 10.4 Å². The summed E-state index contributed by atoms with van der Waals surface area (Å²) in [6.07, 6.45) is -2.32. The van der Waals surface area contributed by atoms with Crippen LogP contribution in [0.25, 0.3) is 5.65 Å². The van der Waals surface area contributed by atoms with Crippen LogP contribution in [0.3, 0.4) is 0 Å². The number of aliphatic hydroxyl groups is 1. The smallest absolute Gasteiger partial charge is 0.396 e. The second-order valence-corrected chi connectivity index (χ2v) is 5.76. The number of halogens is 3. The molecule has 0 atom stereocenters. The van der Waals surface area contributed by atoms with Crippen molar-refractivity contribution in [2.75, 3.05) is 11.9 Å². The molecule has 136 valence electrons. The van der Waals surface area contributed by atoms with Gasteiger partial charge in [0.25, 0.3) is 0 Å². The van der Waals surface area contributed by atoms with Gasteiger partial charge in [0.2, 0.25) is 5.91 Å². The number of hydrogen-bond donors (Lipinski definition) is 2. The number of aliphatic hydroxyl groups excluding tert-OH is 1. The number of fused-ring (bicyclic) bond motifs is 1. The molecule has 0 unspecified atom stereocenters. The fraction of sp³-hybridized carbons (Fsp3) is 0.222. The topological polar surface area (TPSA) is 66.6 Å². The zero-order valence-corrected chi connectivity index (χ0v) is 13.6. The quantitative estimate of drug-likeness (QED) is 0.732. The summed E-state index contributed by atoms with van der Waals surface area (Å²) in [6.45, 7) is -0.0283. The molecule has 0 aliphatic heterocycles. The molecular weight excluding hydrogens is 347 g/mol. The van der Waals surface area contributed by atoms with E-state index in [4.69, 9.17) is 5.11 Å². The largest absolute Gasteiger partial charge is 0.416 e. The number of hydrogen-bond acceptors (Lipinski definition) is 3. The van der Waals surface area contributed by atoms with Gasteiger partial charge in [0.1, 0.15) is 11.5 Å². The summed E-state index contributed by atoms with van der Waals surface area (Å²) in [5, 5.41) is 11.7. The monoisotopic (exact) mass is 363 g/mol. The minimum absolute atomic E-state index is 0.0283. The van der Waals surface area contributed by atoms with Gasteiger partial charge in [0.15, 0.2) is 0 Å². The van der Waals surface area contributed by atoms with Crippen LogP contribution in [0.15, 0.2) is 48.7 Å². The summed E-state index contributed by atoms with van der Waals surface area (Å²) in [4.78, 5) is 16.6. The molecule has 0 aliphatic rings. The van der Waals surface area contributed by atoms with Gasteiger partial charge in [-0.15, -0.1) is 0 Å². The molecule has 0 aliphatic carbocycles. The lowest BCUT2D eigenvalue weighted by atomic mass is 10.1. The van der Waals surface area contributed by atoms with Gasteiger partial charge in [0, 0.05) is 19.2 Å². The Bertz CT molecular complexity index is 918. The molecule has 0 saturated carbocycles. The van der Waals surface area contributed by atoms with Crippen molar-refractivity contribution in [3.63, 3.8) is 0 Å². The maximum absolute atomic E-state index is 12.6. The fourth-order valence-electron chi connectivity index (χ4n) is 2.58. The summed E-state index contributed by atoms with van der Waals surface area (Å²) >= 11 is 0. The molecule has 8 heteroatoms. The third-order valence-electron chi connectivity index (χ3n) is 3.82. The summed E-state index contributed by atoms with van der Waals surface area (Å²) in [6, 6.07) is 9.70. The van der Waals surface area contributed by atoms with E-state index in [1.807, 2.05) is 0 Å². The van der Waals surface area contributed by atoms with E-state index in [2.05, 4.69) is 10.3 Å². The van der Waals surface area contributed by atoms with Crippen LogP contribution in [-0.4, -0.2) is 27.0 Å². The molecule has 3 aromatic rings. The molecule has 0 fully saturated rings. The fourth-order valence-corrected chi connectivity index (χ4v) is 2.58. The Kier molecular flexibility index (Phi) is 4.94.